The maximum absolute atomic E-state index is 11.2. The molecule has 1 aromatic carbocycles. The Morgan fingerprint density at radius 1 is 1.39 bits per heavy atom. The van der Waals surface area contributed by atoms with E-state index in [0.29, 0.717) is 12.4 Å². The van der Waals surface area contributed by atoms with E-state index >= 15 is 0 Å². The summed E-state index contributed by atoms with van der Waals surface area (Å²) in [5.74, 6) is -0.926. The van der Waals surface area contributed by atoms with Gasteiger partial charge in [-0.1, -0.05) is 6.07 Å². The molecule has 1 unspecified atom stereocenters. The third-order valence-electron chi connectivity index (χ3n) is 2.18. The summed E-state index contributed by atoms with van der Waals surface area (Å²) in [5.41, 5.74) is 0.149. The molecule has 1 N–H and O–H groups in total. The van der Waals surface area contributed by atoms with E-state index in [4.69, 9.17) is 14.6 Å². The molecule has 0 aliphatic rings. The van der Waals surface area contributed by atoms with Gasteiger partial charge in [-0.15, -0.1) is 0 Å². The van der Waals surface area contributed by atoms with Gasteiger partial charge in [-0.3, -0.25) is 4.79 Å². The fraction of sp³-hybridized carbons (Fsp3) is 0.385. The average molecular weight is 252 g/mol. The van der Waals surface area contributed by atoms with E-state index in [1.165, 1.54) is 12.1 Å². The van der Waals surface area contributed by atoms with Crippen LogP contribution in [0.25, 0.3) is 0 Å². The van der Waals surface area contributed by atoms with Crippen LogP contribution in [0.4, 0.5) is 0 Å². The van der Waals surface area contributed by atoms with Crippen LogP contribution in [0.15, 0.2) is 24.3 Å². The predicted octanol–water partition coefficient (Wildman–Crippen LogP) is 2.11. The van der Waals surface area contributed by atoms with E-state index in [0.717, 1.165) is 0 Å². The Morgan fingerprint density at radius 2 is 2.11 bits per heavy atom. The molecule has 1 atom stereocenters. The number of carbonyl (C=O) groups excluding carboxylic acids is 1. The monoisotopic (exact) mass is 252 g/mol. The molecule has 0 bridgehead atoms. The first-order valence-electron chi connectivity index (χ1n) is 5.68. The van der Waals surface area contributed by atoms with Gasteiger partial charge in [0.2, 0.25) is 0 Å². The molecule has 0 saturated carbocycles. The van der Waals surface area contributed by atoms with Gasteiger partial charge >= 0.3 is 11.9 Å². The van der Waals surface area contributed by atoms with Crippen molar-refractivity contribution in [2.75, 3.05) is 6.61 Å². The minimum absolute atomic E-state index is 0.130. The van der Waals surface area contributed by atoms with Crippen molar-refractivity contribution >= 4 is 11.9 Å². The lowest BCUT2D eigenvalue weighted by Crippen LogP contribution is -2.19. The quantitative estimate of drug-likeness (QED) is 0.785. The van der Waals surface area contributed by atoms with Crippen molar-refractivity contribution in [2.45, 2.75) is 26.4 Å². The summed E-state index contributed by atoms with van der Waals surface area (Å²) in [6.45, 7) is 3.80. The van der Waals surface area contributed by atoms with Gasteiger partial charge in [0.1, 0.15) is 11.9 Å². The van der Waals surface area contributed by atoms with Crippen LogP contribution >= 0.6 is 0 Å². The number of carbonyl (C=O) groups is 2. The molecular formula is C13H16O5. The summed E-state index contributed by atoms with van der Waals surface area (Å²) >= 11 is 0. The summed E-state index contributed by atoms with van der Waals surface area (Å²) in [5, 5.41) is 8.83. The molecule has 1 rings (SSSR count). The lowest BCUT2D eigenvalue weighted by Gasteiger charge is -2.14. The largest absolute Gasteiger partial charge is 0.490 e. The zero-order valence-electron chi connectivity index (χ0n) is 10.4. The topological polar surface area (TPSA) is 72.8 Å². The Hall–Kier alpha value is -2.04. The molecule has 98 valence electrons. The molecule has 0 saturated heterocycles. The molecule has 0 aliphatic heterocycles. The van der Waals surface area contributed by atoms with Crippen LogP contribution in [-0.2, 0) is 9.53 Å². The van der Waals surface area contributed by atoms with Gasteiger partial charge in [-0.25, -0.2) is 4.79 Å². The zero-order valence-corrected chi connectivity index (χ0v) is 10.4. The van der Waals surface area contributed by atoms with Crippen LogP contribution in [-0.4, -0.2) is 29.8 Å². The molecule has 0 radical (unpaired) electrons. The van der Waals surface area contributed by atoms with Crippen LogP contribution in [0, 0.1) is 0 Å². The molecule has 0 amide bonds. The Kier molecular flexibility index (Phi) is 5.17. The third kappa shape index (κ3) is 4.45. The minimum Gasteiger partial charge on any atom is -0.490 e. The van der Waals surface area contributed by atoms with Crippen LogP contribution < -0.4 is 4.74 Å². The molecule has 18 heavy (non-hydrogen) atoms. The Morgan fingerprint density at radius 3 is 2.72 bits per heavy atom. The van der Waals surface area contributed by atoms with Crippen molar-refractivity contribution in [3.8, 4) is 5.75 Å². The second kappa shape index (κ2) is 6.64. The van der Waals surface area contributed by atoms with Gasteiger partial charge in [0.15, 0.2) is 0 Å². The first-order valence-corrected chi connectivity index (χ1v) is 5.68. The normalized spacial score (nSPS) is 11.7. The van der Waals surface area contributed by atoms with Gasteiger partial charge in [0.25, 0.3) is 0 Å². The van der Waals surface area contributed by atoms with Crippen LogP contribution in [0.3, 0.4) is 0 Å². The summed E-state index contributed by atoms with van der Waals surface area (Å²) in [4.78, 5) is 22.0. The van der Waals surface area contributed by atoms with Crippen LogP contribution in [0.1, 0.15) is 30.6 Å². The minimum atomic E-state index is -1.02. The van der Waals surface area contributed by atoms with Gasteiger partial charge < -0.3 is 14.6 Å². The second-order valence-corrected chi connectivity index (χ2v) is 3.77. The SMILES string of the molecule is CCOC(=O)CC(C)Oc1cccc(C(=O)O)c1. The van der Waals surface area contributed by atoms with Crippen molar-refractivity contribution in [1.29, 1.82) is 0 Å². The number of hydrogen-bond donors (Lipinski definition) is 1. The van der Waals surface area contributed by atoms with E-state index < -0.39 is 5.97 Å². The van der Waals surface area contributed by atoms with E-state index in [9.17, 15) is 9.59 Å². The van der Waals surface area contributed by atoms with E-state index in [-0.39, 0.29) is 24.1 Å². The summed E-state index contributed by atoms with van der Waals surface area (Å²) in [6.07, 6.45) is -0.237. The molecule has 5 heteroatoms. The van der Waals surface area contributed by atoms with Crippen molar-refractivity contribution in [3.05, 3.63) is 29.8 Å². The van der Waals surface area contributed by atoms with Crippen LogP contribution in [0.2, 0.25) is 0 Å². The van der Waals surface area contributed by atoms with Crippen molar-refractivity contribution in [1.82, 2.24) is 0 Å². The van der Waals surface area contributed by atoms with Crippen molar-refractivity contribution < 1.29 is 24.2 Å². The fourth-order valence-corrected chi connectivity index (χ4v) is 1.43. The standard InChI is InChI=1S/C13H16O5/c1-3-17-12(14)7-9(2)18-11-6-4-5-10(8-11)13(15)16/h4-6,8-9H,3,7H2,1-2H3,(H,15,16). The summed E-state index contributed by atoms with van der Waals surface area (Å²) in [7, 11) is 0. The number of ether oxygens (including phenoxy) is 2. The predicted molar refractivity (Wildman–Crippen MR) is 64.7 cm³/mol. The molecule has 0 heterocycles. The van der Waals surface area contributed by atoms with Gasteiger partial charge in [-0.05, 0) is 32.0 Å². The number of aromatic carboxylic acids is 1. The van der Waals surface area contributed by atoms with Gasteiger partial charge in [0, 0.05) is 0 Å². The van der Waals surface area contributed by atoms with Crippen LogP contribution in [0.5, 0.6) is 5.75 Å². The Labute approximate surface area is 105 Å². The highest BCUT2D eigenvalue weighted by molar-refractivity contribution is 5.88. The lowest BCUT2D eigenvalue weighted by molar-refractivity contribution is -0.144. The number of esters is 1. The van der Waals surface area contributed by atoms with Gasteiger partial charge in [0.05, 0.1) is 18.6 Å². The van der Waals surface area contributed by atoms with E-state index in [1.54, 1.807) is 26.0 Å². The molecule has 5 nitrogen and oxygen atoms in total. The smallest absolute Gasteiger partial charge is 0.335 e. The maximum atomic E-state index is 11.2. The molecule has 0 aliphatic carbocycles. The Bertz CT molecular complexity index is 427. The first kappa shape index (κ1) is 14.0. The highest BCUT2D eigenvalue weighted by atomic mass is 16.5. The van der Waals surface area contributed by atoms with Crippen molar-refractivity contribution in [3.63, 3.8) is 0 Å². The number of hydrogen-bond acceptors (Lipinski definition) is 4. The van der Waals surface area contributed by atoms with Crippen molar-refractivity contribution in [2.24, 2.45) is 0 Å². The van der Waals surface area contributed by atoms with E-state index in [2.05, 4.69) is 0 Å². The first-order chi connectivity index (χ1) is 8.52. The lowest BCUT2D eigenvalue weighted by atomic mass is 10.2. The molecule has 1 aromatic rings. The molecule has 0 spiro atoms. The highest BCUT2D eigenvalue weighted by Gasteiger charge is 2.12. The fourth-order valence-electron chi connectivity index (χ4n) is 1.43. The summed E-state index contributed by atoms with van der Waals surface area (Å²) in [6, 6.07) is 6.14. The van der Waals surface area contributed by atoms with E-state index in [1.807, 2.05) is 0 Å². The average Bonchev–Trinajstić information content (AvgIpc) is 2.29. The highest BCUT2D eigenvalue weighted by Crippen LogP contribution is 2.16. The molecular weight excluding hydrogens is 236 g/mol. The Balaban J connectivity index is 2.58. The number of rotatable bonds is 6. The maximum Gasteiger partial charge on any atom is 0.335 e. The number of carboxylic acid groups (broad SMARTS) is 1. The number of benzene rings is 1. The molecule has 0 aromatic heterocycles. The van der Waals surface area contributed by atoms with Gasteiger partial charge in [-0.2, -0.15) is 0 Å². The third-order valence-corrected chi connectivity index (χ3v) is 2.18. The molecule has 0 fully saturated rings. The number of carboxylic acids is 1. The summed E-state index contributed by atoms with van der Waals surface area (Å²) < 4.78 is 10.3. The zero-order chi connectivity index (χ0) is 13.5. The second-order valence-electron chi connectivity index (χ2n) is 3.77.